The Morgan fingerprint density at radius 2 is 1.59 bits per heavy atom. The van der Waals surface area contributed by atoms with Crippen LogP contribution in [0.4, 0.5) is 5.82 Å². The van der Waals surface area contributed by atoms with E-state index in [-0.39, 0.29) is 10.8 Å². The molecule has 12 nitrogen and oxygen atoms in total. The van der Waals surface area contributed by atoms with E-state index in [1.165, 1.54) is 24.3 Å². The molecule has 0 radical (unpaired) electrons. The highest BCUT2D eigenvalue weighted by Gasteiger charge is 2.27. The summed E-state index contributed by atoms with van der Waals surface area (Å²) in [6.07, 6.45) is 5.95. The zero-order valence-electron chi connectivity index (χ0n) is 22.5. The maximum Gasteiger partial charge on any atom is 0.295 e. The number of hydrogen-bond donors (Lipinski definition) is 4. The lowest BCUT2D eigenvalue weighted by molar-refractivity contribution is 0.175. The molecule has 0 saturated heterocycles. The smallest absolute Gasteiger partial charge is 0.295 e. The quantitative estimate of drug-likeness (QED) is 0.227. The van der Waals surface area contributed by atoms with Gasteiger partial charge >= 0.3 is 0 Å². The third kappa shape index (κ3) is 6.66. The molecule has 5 rings (SSSR count). The van der Waals surface area contributed by atoms with Crippen LogP contribution in [0.3, 0.4) is 0 Å². The fourth-order valence-electron chi connectivity index (χ4n) is 5.27. The molecule has 14 heteroatoms. The van der Waals surface area contributed by atoms with Crippen molar-refractivity contribution in [3.05, 3.63) is 54.5 Å². The molecule has 1 aliphatic carbocycles. The van der Waals surface area contributed by atoms with Crippen LogP contribution in [0.1, 0.15) is 57.0 Å². The molecule has 0 bridgehead atoms. The van der Waals surface area contributed by atoms with Gasteiger partial charge in [-0.2, -0.15) is 22.1 Å². The number of aromatic nitrogens is 3. The van der Waals surface area contributed by atoms with Gasteiger partial charge < -0.3 is 15.0 Å². The fourth-order valence-corrected chi connectivity index (χ4v) is 6.68. The highest BCUT2D eigenvalue weighted by Crippen LogP contribution is 2.37. The van der Waals surface area contributed by atoms with Crippen LogP contribution in [-0.4, -0.2) is 52.6 Å². The molecule has 4 aromatic rings. The molecule has 2 aromatic heterocycles. The van der Waals surface area contributed by atoms with E-state index in [9.17, 15) is 21.9 Å². The van der Waals surface area contributed by atoms with Gasteiger partial charge in [0.2, 0.25) is 0 Å². The Morgan fingerprint density at radius 1 is 1.02 bits per heavy atom. The van der Waals surface area contributed by atoms with Crippen LogP contribution in [0.2, 0.25) is 0 Å². The maximum atomic E-state index is 11.2. The fraction of sp³-hybridized carbons (Fsp3) is 0.370. The summed E-state index contributed by atoms with van der Waals surface area (Å²) in [5.41, 5.74) is 1.84. The number of rotatable bonds is 6. The van der Waals surface area contributed by atoms with Crippen molar-refractivity contribution in [1.82, 2.24) is 14.5 Å². The van der Waals surface area contributed by atoms with Crippen LogP contribution < -0.4 is 5.32 Å². The summed E-state index contributed by atoms with van der Waals surface area (Å²) in [7, 11) is -7.09. The second-order valence-corrected chi connectivity index (χ2v) is 12.7. The number of nitrogens with one attached hydrogen (secondary N) is 1. The Bertz CT molecular complexity index is 1750. The van der Waals surface area contributed by atoms with E-state index in [0.29, 0.717) is 24.2 Å². The van der Waals surface area contributed by atoms with Crippen LogP contribution in [-0.2, 0) is 20.2 Å². The molecule has 2 aromatic carbocycles. The number of imidazole rings is 1. The molecule has 218 valence electrons. The van der Waals surface area contributed by atoms with Crippen molar-refractivity contribution in [2.45, 2.75) is 61.0 Å². The zero-order chi connectivity index (χ0) is 29.9. The second kappa shape index (κ2) is 12.1. The molecular weight excluding hydrogens is 570 g/mol. The minimum atomic E-state index is -4.47. The number of anilines is 1. The average molecular weight is 602 g/mol. The number of fused-ring (bicyclic) bond motifs is 2. The number of aliphatic hydroxyl groups excluding tert-OH is 1. The predicted octanol–water partition coefficient (Wildman–Crippen LogP) is 4.50. The average Bonchev–Trinajstić information content (AvgIpc) is 3.31. The van der Waals surface area contributed by atoms with Gasteiger partial charge in [0, 0.05) is 36.3 Å². The van der Waals surface area contributed by atoms with Crippen molar-refractivity contribution in [3.63, 3.8) is 0 Å². The van der Waals surface area contributed by atoms with Gasteiger partial charge in [-0.3, -0.25) is 9.11 Å². The number of aliphatic hydroxyl groups is 1. The predicted molar refractivity (Wildman–Crippen MR) is 153 cm³/mol. The summed E-state index contributed by atoms with van der Waals surface area (Å²) in [5, 5.41) is 22.1. The lowest BCUT2D eigenvalue weighted by atomic mass is 9.84. The van der Waals surface area contributed by atoms with Crippen LogP contribution in [0.5, 0.6) is 0 Å². The molecule has 1 aliphatic rings. The first-order chi connectivity index (χ1) is 19.3. The van der Waals surface area contributed by atoms with Gasteiger partial charge in [0.05, 0.1) is 17.8 Å². The molecule has 0 unspecified atom stereocenters. The molecule has 1 atom stereocenters. The highest BCUT2D eigenvalue weighted by molar-refractivity contribution is 7.86. The van der Waals surface area contributed by atoms with Crippen molar-refractivity contribution in [3.8, 4) is 6.07 Å². The first-order valence-electron chi connectivity index (χ1n) is 12.9. The van der Waals surface area contributed by atoms with Gasteiger partial charge in [-0.25, -0.2) is 9.97 Å². The first-order valence-corrected chi connectivity index (χ1v) is 15.8. The van der Waals surface area contributed by atoms with Gasteiger partial charge in [0.15, 0.2) is 0 Å². The highest BCUT2D eigenvalue weighted by atomic mass is 32.2. The number of benzene rings is 2. The molecule has 0 amide bonds. The van der Waals surface area contributed by atoms with E-state index in [0.717, 1.165) is 54.7 Å². The Labute approximate surface area is 238 Å². The van der Waals surface area contributed by atoms with Gasteiger partial charge in [-0.1, -0.05) is 24.3 Å². The summed E-state index contributed by atoms with van der Waals surface area (Å²) >= 11 is 0. The van der Waals surface area contributed by atoms with Crippen LogP contribution in [0.25, 0.3) is 21.8 Å². The lowest BCUT2D eigenvalue weighted by Crippen LogP contribution is -2.20. The van der Waals surface area contributed by atoms with E-state index in [1.807, 2.05) is 13.1 Å². The minimum Gasteiger partial charge on any atom is -0.385 e. The van der Waals surface area contributed by atoms with Gasteiger partial charge in [-0.05, 0) is 50.7 Å². The zero-order valence-corrected chi connectivity index (χ0v) is 24.1. The molecule has 2 heterocycles. The number of pyridine rings is 1. The standard InChI is InChI=1S/C17H23N5O.C10H8O6S2/c1-11(23)17-21-14-10-20-16(19-2)9-15(14)22(17)13-5-3-12(4-6-13)7-8-18;11-17(12,13)9-5-1-3-7-8(9)4-2-6-10(7)18(14,15)16/h9-13,23H,3-7H2,1-2H3,(H,19,20);1-6H,(H,11,12,13)(H,14,15,16)/t11-,12?,13?;/m1./s1. The van der Waals surface area contributed by atoms with E-state index in [2.05, 4.69) is 25.9 Å². The molecular formula is C27H31N5O7S2. The molecule has 4 N–H and O–H groups in total. The van der Waals surface area contributed by atoms with E-state index < -0.39 is 36.1 Å². The molecule has 0 spiro atoms. The van der Waals surface area contributed by atoms with Crippen molar-refractivity contribution < 1.29 is 31.0 Å². The molecule has 1 saturated carbocycles. The van der Waals surface area contributed by atoms with Gasteiger partial charge in [0.1, 0.15) is 33.1 Å². The van der Waals surface area contributed by atoms with E-state index in [1.54, 1.807) is 13.1 Å². The summed E-state index contributed by atoms with van der Waals surface area (Å²) in [5.74, 6) is 2.02. The molecule has 41 heavy (non-hydrogen) atoms. The molecule has 0 aliphatic heterocycles. The lowest BCUT2D eigenvalue weighted by Gasteiger charge is -2.30. The molecule has 1 fully saturated rings. The van der Waals surface area contributed by atoms with E-state index >= 15 is 0 Å². The van der Waals surface area contributed by atoms with Crippen LogP contribution in [0.15, 0.2) is 58.5 Å². The third-order valence-corrected chi connectivity index (χ3v) is 9.02. The third-order valence-electron chi connectivity index (χ3n) is 7.19. The van der Waals surface area contributed by atoms with Gasteiger partial charge in [-0.15, -0.1) is 0 Å². The summed E-state index contributed by atoms with van der Waals surface area (Å²) < 4.78 is 64.9. The van der Waals surface area contributed by atoms with Crippen LogP contribution >= 0.6 is 0 Å². The van der Waals surface area contributed by atoms with Crippen molar-refractivity contribution in [2.75, 3.05) is 12.4 Å². The Balaban J connectivity index is 0.000000195. The number of hydrogen-bond acceptors (Lipinski definition) is 9. The van der Waals surface area contributed by atoms with Crippen LogP contribution in [0, 0.1) is 17.2 Å². The Morgan fingerprint density at radius 3 is 2.05 bits per heavy atom. The normalized spacial score (nSPS) is 18.3. The summed E-state index contributed by atoms with van der Waals surface area (Å²) in [4.78, 5) is 8.08. The van der Waals surface area contributed by atoms with Crippen molar-refractivity contribution in [1.29, 1.82) is 5.26 Å². The van der Waals surface area contributed by atoms with E-state index in [4.69, 9.17) is 14.4 Å². The van der Waals surface area contributed by atoms with Crippen molar-refractivity contribution >= 4 is 47.9 Å². The number of nitriles is 1. The maximum absolute atomic E-state index is 11.2. The topological polar surface area (TPSA) is 195 Å². The largest absolute Gasteiger partial charge is 0.385 e. The van der Waals surface area contributed by atoms with Gasteiger partial charge in [0.25, 0.3) is 20.2 Å². The Kier molecular flexibility index (Phi) is 8.95. The second-order valence-electron chi connectivity index (χ2n) is 9.92. The number of nitrogens with zero attached hydrogens (tertiary/aromatic N) is 4. The minimum absolute atomic E-state index is 0.0233. The van der Waals surface area contributed by atoms with Crippen molar-refractivity contribution in [2.24, 2.45) is 5.92 Å². The summed E-state index contributed by atoms with van der Waals surface area (Å²) in [6.45, 7) is 1.76. The first kappa shape index (κ1) is 30.4. The summed E-state index contributed by atoms with van der Waals surface area (Å²) in [6, 6.07) is 12.1. The monoisotopic (exact) mass is 601 g/mol. The Hall–Kier alpha value is -3.61. The SMILES string of the molecule is CNc1cc2c(cn1)nc([C@@H](C)O)n2C1CCC(CC#N)CC1.O=S(=O)(O)c1cccc2c(S(=O)(=O)O)cccc12.